The lowest BCUT2D eigenvalue weighted by Crippen LogP contribution is -1.98. The molecule has 0 aliphatic carbocycles. The predicted molar refractivity (Wildman–Crippen MR) is 109 cm³/mol. The summed E-state index contributed by atoms with van der Waals surface area (Å²) in [5, 5.41) is 0. The standard InChI is InChI=1S/C24H34O/c1-5-9-19-13-15-23(21(17-19)11-7-3)25-24-16-14-20(10-6-2)18-22(24)12-8-4/h13-18H,5-12H2,1-4H3. The molecule has 25 heavy (non-hydrogen) atoms. The number of aryl methyl sites for hydroxylation is 4. The highest BCUT2D eigenvalue weighted by atomic mass is 16.5. The highest BCUT2D eigenvalue weighted by molar-refractivity contribution is 5.44. The molecule has 0 bridgehead atoms. The molecule has 0 aromatic heterocycles. The van der Waals surface area contributed by atoms with Gasteiger partial charge in [-0.2, -0.15) is 0 Å². The molecule has 0 fully saturated rings. The molecular formula is C24H34O. The number of hydrogen-bond acceptors (Lipinski definition) is 1. The van der Waals surface area contributed by atoms with Crippen LogP contribution in [0.5, 0.6) is 11.5 Å². The normalized spacial score (nSPS) is 10.9. The summed E-state index contributed by atoms with van der Waals surface area (Å²) in [6.45, 7) is 8.94. The number of benzene rings is 2. The zero-order chi connectivity index (χ0) is 18.1. The maximum Gasteiger partial charge on any atom is 0.130 e. The van der Waals surface area contributed by atoms with Gasteiger partial charge in [-0.25, -0.2) is 0 Å². The van der Waals surface area contributed by atoms with Crippen molar-refractivity contribution in [1.29, 1.82) is 0 Å². The van der Waals surface area contributed by atoms with Gasteiger partial charge in [-0.1, -0.05) is 77.6 Å². The first-order valence-electron chi connectivity index (χ1n) is 10.1. The molecule has 1 nitrogen and oxygen atoms in total. The van der Waals surface area contributed by atoms with E-state index in [-0.39, 0.29) is 0 Å². The van der Waals surface area contributed by atoms with Crippen LogP contribution in [0.2, 0.25) is 0 Å². The number of ether oxygens (including phenoxy) is 1. The van der Waals surface area contributed by atoms with Crippen LogP contribution in [0.4, 0.5) is 0 Å². The lowest BCUT2D eigenvalue weighted by Gasteiger charge is -2.16. The van der Waals surface area contributed by atoms with E-state index in [2.05, 4.69) is 64.1 Å². The van der Waals surface area contributed by atoms with Crippen molar-refractivity contribution in [2.75, 3.05) is 0 Å². The zero-order valence-corrected chi connectivity index (χ0v) is 16.5. The summed E-state index contributed by atoms with van der Waals surface area (Å²) in [6, 6.07) is 13.5. The van der Waals surface area contributed by atoms with Crippen molar-refractivity contribution in [2.24, 2.45) is 0 Å². The van der Waals surface area contributed by atoms with Crippen molar-refractivity contribution in [2.45, 2.75) is 79.1 Å². The van der Waals surface area contributed by atoms with Crippen LogP contribution in [0.1, 0.15) is 75.6 Å². The van der Waals surface area contributed by atoms with E-state index < -0.39 is 0 Å². The smallest absolute Gasteiger partial charge is 0.130 e. The maximum atomic E-state index is 6.41. The molecule has 136 valence electrons. The molecule has 0 aliphatic rings. The van der Waals surface area contributed by atoms with E-state index >= 15 is 0 Å². The Morgan fingerprint density at radius 3 is 1.32 bits per heavy atom. The average molecular weight is 339 g/mol. The Labute approximate surface area is 154 Å². The Balaban J connectivity index is 2.31. The van der Waals surface area contributed by atoms with E-state index in [1.807, 2.05) is 0 Å². The first kappa shape index (κ1) is 19.6. The van der Waals surface area contributed by atoms with Crippen LogP contribution < -0.4 is 4.74 Å². The minimum atomic E-state index is 1.03. The Morgan fingerprint density at radius 1 is 0.560 bits per heavy atom. The molecule has 0 radical (unpaired) electrons. The summed E-state index contributed by atoms with van der Waals surface area (Å²) < 4.78 is 6.41. The second kappa shape index (κ2) is 10.3. The van der Waals surface area contributed by atoms with Gasteiger partial charge >= 0.3 is 0 Å². The lowest BCUT2D eigenvalue weighted by atomic mass is 10.0. The first-order chi connectivity index (χ1) is 12.2. The molecule has 1 heteroatoms. The molecule has 0 N–H and O–H groups in total. The quantitative estimate of drug-likeness (QED) is 0.442. The molecule has 0 saturated heterocycles. The number of rotatable bonds is 10. The fraction of sp³-hybridized carbons (Fsp3) is 0.500. The van der Waals surface area contributed by atoms with E-state index in [1.54, 1.807) is 0 Å². The van der Waals surface area contributed by atoms with Gasteiger partial charge in [0.25, 0.3) is 0 Å². The first-order valence-corrected chi connectivity index (χ1v) is 10.1. The summed E-state index contributed by atoms with van der Waals surface area (Å²) in [6.07, 6.45) is 9.09. The van der Waals surface area contributed by atoms with E-state index in [4.69, 9.17) is 4.74 Å². The van der Waals surface area contributed by atoms with Gasteiger partial charge in [0.05, 0.1) is 0 Å². The summed E-state index contributed by atoms with van der Waals surface area (Å²) in [4.78, 5) is 0. The van der Waals surface area contributed by atoms with Gasteiger partial charge in [-0.3, -0.25) is 0 Å². The minimum absolute atomic E-state index is 1.03. The van der Waals surface area contributed by atoms with Crippen LogP contribution in [0.25, 0.3) is 0 Å². The summed E-state index contributed by atoms with van der Waals surface area (Å²) in [7, 11) is 0. The van der Waals surface area contributed by atoms with E-state index in [1.165, 1.54) is 35.1 Å². The topological polar surface area (TPSA) is 9.23 Å². The van der Waals surface area contributed by atoms with Crippen molar-refractivity contribution in [3.05, 3.63) is 58.7 Å². The molecule has 0 heterocycles. The Hall–Kier alpha value is -1.76. The molecule has 0 unspecified atom stereocenters. The molecule has 2 rings (SSSR count). The fourth-order valence-electron chi connectivity index (χ4n) is 3.40. The molecule has 0 saturated carbocycles. The SMILES string of the molecule is CCCc1ccc(Oc2ccc(CCC)cc2CCC)c(CCC)c1. The summed E-state index contributed by atoms with van der Waals surface area (Å²) >= 11 is 0. The van der Waals surface area contributed by atoms with Crippen LogP contribution in [0.15, 0.2) is 36.4 Å². The maximum absolute atomic E-state index is 6.41. The van der Waals surface area contributed by atoms with E-state index in [0.29, 0.717) is 0 Å². The second-order valence-electron chi connectivity index (χ2n) is 6.99. The van der Waals surface area contributed by atoms with Gasteiger partial charge < -0.3 is 4.74 Å². The van der Waals surface area contributed by atoms with Crippen LogP contribution in [0, 0.1) is 0 Å². The van der Waals surface area contributed by atoms with Crippen molar-refractivity contribution in [1.82, 2.24) is 0 Å². The Kier molecular flexibility index (Phi) is 8.04. The van der Waals surface area contributed by atoms with Crippen LogP contribution >= 0.6 is 0 Å². The highest BCUT2D eigenvalue weighted by Crippen LogP contribution is 2.31. The Bertz CT molecular complexity index is 600. The van der Waals surface area contributed by atoms with Crippen molar-refractivity contribution >= 4 is 0 Å². The third-order valence-electron chi connectivity index (χ3n) is 4.59. The van der Waals surface area contributed by atoms with Crippen LogP contribution in [-0.4, -0.2) is 0 Å². The molecule has 0 amide bonds. The third-order valence-corrected chi connectivity index (χ3v) is 4.59. The fourth-order valence-corrected chi connectivity index (χ4v) is 3.40. The summed E-state index contributed by atoms with van der Waals surface area (Å²) in [5.74, 6) is 2.06. The van der Waals surface area contributed by atoms with Crippen molar-refractivity contribution in [3.63, 3.8) is 0 Å². The van der Waals surface area contributed by atoms with Crippen molar-refractivity contribution < 1.29 is 4.74 Å². The zero-order valence-electron chi connectivity index (χ0n) is 16.5. The Morgan fingerprint density at radius 2 is 0.960 bits per heavy atom. The predicted octanol–water partition coefficient (Wildman–Crippen LogP) is 7.29. The van der Waals surface area contributed by atoms with Crippen molar-refractivity contribution in [3.8, 4) is 11.5 Å². The molecule has 2 aromatic rings. The third kappa shape index (κ3) is 5.63. The molecule has 2 aromatic carbocycles. The van der Waals surface area contributed by atoms with Crippen LogP contribution in [-0.2, 0) is 25.7 Å². The van der Waals surface area contributed by atoms with Gasteiger partial charge in [-0.15, -0.1) is 0 Å². The van der Waals surface area contributed by atoms with Gasteiger partial charge in [0.15, 0.2) is 0 Å². The number of hydrogen-bond donors (Lipinski definition) is 0. The molecule has 0 atom stereocenters. The highest BCUT2D eigenvalue weighted by Gasteiger charge is 2.10. The van der Waals surface area contributed by atoms with Gasteiger partial charge in [0.2, 0.25) is 0 Å². The molecular weight excluding hydrogens is 304 g/mol. The second-order valence-corrected chi connectivity index (χ2v) is 6.99. The van der Waals surface area contributed by atoms with Gasteiger partial charge in [0, 0.05) is 0 Å². The monoisotopic (exact) mass is 338 g/mol. The van der Waals surface area contributed by atoms with Gasteiger partial charge in [-0.05, 0) is 60.1 Å². The average Bonchev–Trinajstić information content (AvgIpc) is 2.60. The molecule has 0 aliphatic heterocycles. The van der Waals surface area contributed by atoms with Crippen LogP contribution in [0.3, 0.4) is 0 Å². The van der Waals surface area contributed by atoms with E-state index in [9.17, 15) is 0 Å². The molecule has 0 spiro atoms. The van der Waals surface area contributed by atoms with E-state index in [0.717, 1.165) is 50.0 Å². The lowest BCUT2D eigenvalue weighted by molar-refractivity contribution is 0.468. The minimum Gasteiger partial charge on any atom is -0.457 e. The summed E-state index contributed by atoms with van der Waals surface area (Å²) in [5.41, 5.74) is 5.53. The largest absolute Gasteiger partial charge is 0.457 e. The van der Waals surface area contributed by atoms with Gasteiger partial charge in [0.1, 0.15) is 11.5 Å².